The number of amides is 1. The van der Waals surface area contributed by atoms with Gasteiger partial charge in [-0.2, -0.15) is 0 Å². The summed E-state index contributed by atoms with van der Waals surface area (Å²) in [5.74, 6) is 1.76. The number of nitrogens with zero attached hydrogens (tertiary/aromatic N) is 2. The standard InChI is InChI=1S/C25H31ClN4O3/c1-15(2)33-21-11-10-18(13-20(21)26)23(32)27-19(14-31)12-16-6-8-17(9-7-16)22-28-24(30-29-22)25(3,4)5/h6-11,13,15,19,31H,12,14H2,1-5H3,(H,27,32)(H,28,29,30)/t19-/m0/s1. The lowest BCUT2D eigenvalue weighted by Crippen LogP contribution is -2.39. The molecule has 7 nitrogen and oxygen atoms in total. The third-order valence-electron chi connectivity index (χ3n) is 5.02. The van der Waals surface area contributed by atoms with E-state index in [0.717, 1.165) is 17.0 Å². The van der Waals surface area contributed by atoms with E-state index in [-0.39, 0.29) is 24.0 Å². The maximum Gasteiger partial charge on any atom is 0.251 e. The van der Waals surface area contributed by atoms with E-state index >= 15 is 0 Å². The highest BCUT2D eigenvalue weighted by Gasteiger charge is 2.19. The van der Waals surface area contributed by atoms with Crippen LogP contribution in [0.2, 0.25) is 5.02 Å². The fraction of sp³-hybridized carbons (Fsp3) is 0.400. The number of hydrogen-bond donors (Lipinski definition) is 3. The fourth-order valence-electron chi connectivity index (χ4n) is 3.23. The Morgan fingerprint density at radius 1 is 1.15 bits per heavy atom. The predicted molar refractivity (Wildman–Crippen MR) is 130 cm³/mol. The Kier molecular flexibility index (Phi) is 7.76. The second-order valence-corrected chi connectivity index (χ2v) is 9.75. The maximum absolute atomic E-state index is 12.7. The molecule has 1 heterocycles. The lowest BCUT2D eigenvalue weighted by molar-refractivity contribution is 0.0916. The van der Waals surface area contributed by atoms with Crippen LogP contribution in [0.5, 0.6) is 5.75 Å². The molecule has 1 amide bonds. The van der Waals surface area contributed by atoms with Gasteiger partial charge in [-0.3, -0.25) is 4.79 Å². The molecule has 33 heavy (non-hydrogen) atoms. The quantitative estimate of drug-likeness (QED) is 0.448. The molecule has 0 radical (unpaired) electrons. The van der Waals surface area contributed by atoms with Gasteiger partial charge in [0.15, 0.2) is 5.82 Å². The first kappa shape index (κ1) is 24.7. The maximum atomic E-state index is 12.7. The number of aliphatic hydroxyl groups is 1. The lowest BCUT2D eigenvalue weighted by Gasteiger charge is -2.17. The van der Waals surface area contributed by atoms with Crippen LogP contribution in [0.25, 0.3) is 11.4 Å². The molecule has 3 aromatic rings. The van der Waals surface area contributed by atoms with Crippen LogP contribution in [0.3, 0.4) is 0 Å². The molecule has 2 aromatic carbocycles. The predicted octanol–water partition coefficient (Wildman–Crippen LogP) is 4.54. The van der Waals surface area contributed by atoms with Gasteiger partial charge in [-0.25, -0.2) is 0 Å². The molecule has 3 rings (SSSR count). The number of aromatic amines is 1. The summed E-state index contributed by atoms with van der Waals surface area (Å²) in [7, 11) is 0. The zero-order valence-electron chi connectivity index (χ0n) is 19.6. The lowest BCUT2D eigenvalue weighted by atomic mass is 9.96. The number of ether oxygens (including phenoxy) is 1. The van der Waals surface area contributed by atoms with Crippen molar-refractivity contribution in [3.05, 3.63) is 64.4 Å². The second-order valence-electron chi connectivity index (χ2n) is 9.34. The van der Waals surface area contributed by atoms with Crippen molar-refractivity contribution in [1.82, 2.24) is 20.5 Å². The molecule has 0 saturated carbocycles. The number of halogens is 1. The number of nitrogens with one attached hydrogen (secondary N) is 2. The first-order valence-electron chi connectivity index (χ1n) is 11.0. The van der Waals surface area contributed by atoms with Gasteiger partial charge in [-0.05, 0) is 44.0 Å². The smallest absolute Gasteiger partial charge is 0.251 e. The summed E-state index contributed by atoms with van der Waals surface area (Å²) >= 11 is 6.24. The number of carbonyl (C=O) groups excluding carboxylic acids is 1. The van der Waals surface area contributed by atoms with Gasteiger partial charge in [-0.15, -0.1) is 10.2 Å². The number of benzene rings is 2. The van der Waals surface area contributed by atoms with Gasteiger partial charge in [-0.1, -0.05) is 56.6 Å². The molecule has 0 aliphatic carbocycles. The topological polar surface area (TPSA) is 100 Å². The normalized spacial score (nSPS) is 12.6. The highest BCUT2D eigenvalue weighted by Crippen LogP contribution is 2.26. The highest BCUT2D eigenvalue weighted by atomic mass is 35.5. The van der Waals surface area contributed by atoms with Crippen LogP contribution < -0.4 is 10.1 Å². The Labute approximate surface area is 199 Å². The van der Waals surface area contributed by atoms with E-state index < -0.39 is 6.04 Å². The molecular weight excluding hydrogens is 440 g/mol. The molecule has 0 aliphatic heterocycles. The van der Waals surface area contributed by atoms with Crippen LogP contribution in [-0.4, -0.2) is 44.9 Å². The minimum absolute atomic E-state index is 0.0167. The van der Waals surface area contributed by atoms with Crippen molar-refractivity contribution in [2.45, 2.75) is 58.6 Å². The van der Waals surface area contributed by atoms with Gasteiger partial charge in [0.05, 0.1) is 23.8 Å². The molecule has 8 heteroatoms. The Bertz CT molecular complexity index is 1090. The molecule has 0 unspecified atom stereocenters. The fourth-order valence-corrected chi connectivity index (χ4v) is 3.46. The molecular formula is C25H31ClN4O3. The number of rotatable bonds is 8. The third-order valence-corrected chi connectivity index (χ3v) is 5.31. The van der Waals surface area contributed by atoms with E-state index in [1.807, 2.05) is 38.1 Å². The van der Waals surface area contributed by atoms with Crippen LogP contribution in [0.15, 0.2) is 42.5 Å². The van der Waals surface area contributed by atoms with E-state index in [9.17, 15) is 9.90 Å². The van der Waals surface area contributed by atoms with Crippen molar-refractivity contribution < 1.29 is 14.6 Å². The number of hydrogen-bond acceptors (Lipinski definition) is 5. The Balaban J connectivity index is 1.64. The number of H-pyrrole nitrogens is 1. The Morgan fingerprint density at radius 3 is 2.39 bits per heavy atom. The third kappa shape index (κ3) is 6.55. The van der Waals surface area contributed by atoms with Gasteiger partial charge in [0.25, 0.3) is 5.91 Å². The van der Waals surface area contributed by atoms with Gasteiger partial charge >= 0.3 is 0 Å². The Morgan fingerprint density at radius 2 is 1.85 bits per heavy atom. The summed E-state index contributed by atoms with van der Waals surface area (Å²) < 4.78 is 5.61. The monoisotopic (exact) mass is 470 g/mol. The van der Waals surface area contributed by atoms with Crippen molar-refractivity contribution in [2.75, 3.05) is 6.61 Å². The molecule has 3 N–H and O–H groups in total. The van der Waals surface area contributed by atoms with Crippen LogP contribution in [0, 0.1) is 0 Å². The first-order chi connectivity index (χ1) is 15.6. The van der Waals surface area contributed by atoms with Crippen molar-refractivity contribution >= 4 is 17.5 Å². The zero-order valence-corrected chi connectivity index (χ0v) is 20.4. The minimum atomic E-state index is -0.438. The molecule has 176 valence electrons. The summed E-state index contributed by atoms with van der Waals surface area (Å²) in [6.45, 7) is 9.85. The van der Waals surface area contributed by atoms with E-state index in [1.165, 1.54) is 0 Å². The largest absolute Gasteiger partial charge is 0.489 e. The number of aliphatic hydroxyl groups excluding tert-OH is 1. The van der Waals surface area contributed by atoms with Crippen LogP contribution in [0.1, 0.15) is 56.4 Å². The summed E-state index contributed by atoms with van der Waals surface area (Å²) in [5.41, 5.74) is 2.20. The van der Waals surface area contributed by atoms with E-state index in [2.05, 4.69) is 41.3 Å². The molecule has 0 spiro atoms. The number of aromatic nitrogens is 3. The SMILES string of the molecule is CC(C)Oc1ccc(C(=O)N[C@H](CO)Cc2ccc(-c3nnc(C(C)(C)C)[nH]3)cc2)cc1Cl. The van der Waals surface area contributed by atoms with Crippen LogP contribution in [0.4, 0.5) is 0 Å². The summed E-state index contributed by atoms with van der Waals surface area (Å²) in [5, 5.41) is 21.5. The van der Waals surface area contributed by atoms with E-state index in [4.69, 9.17) is 16.3 Å². The zero-order chi connectivity index (χ0) is 24.2. The van der Waals surface area contributed by atoms with Crippen molar-refractivity contribution in [3.8, 4) is 17.1 Å². The molecule has 1 atom stereocenters. The Hall–Kier alpha value is -2.90. The van der Waals surface area contributed by atoms with Crippen LogP contribution in [-0.2, 0) is 11.8 Å². The van der Waals surface area contributed by atoms with Gasteiger partial charge in [0, 0.05) is 16.5 Å². The molecule has 0 bridgehead atoms. The van der Waals surface area contributed by atoms with Gasteiger partial charge in [0.2, 0.25) is 0 Å². The average molecular weight is 471 g/mol. The molecule has 0 fully saturated rings. The molecule has 1 aromatic heterocycles. The molecule has 0 aliphatic rings. The van der Waals surface area contributed by atoms with E-state index in [0.29, 0.717) is 28.6 Å². The minimum Gasteiger partial charge on any atom is -0.489 e. The van der Waals surface area contributed by atoms with Gasteiger partial charge in [0.1, 0.15) is 11.6 Å². The van der Waals surface area contributed by atoms with Crippen LogP contribution >= 0.6 is 11.6 Å². The van der Waals surface area contributed by atoms with Crippen molar-refractivity contribution in [3.63, 3.8) is 0 Å². The van der Waals surface area contributed by atoms with Gasteiger partial charge < -0.3 is 20.1 Å². The summed E-state index contributed by atoms with van der Waals surface area (Å²) in [6, 6.07) is 12.3. The second kappa shape index (κ2) is 10.4. The first-order valence-corrected chi connectivity index (χ1v) is 11.3. The highest BCUT2D eigenvalue weighted by molar-refractivity contribution is 6.32. The van der Waals surface area contributed by atoms with E-state index in [1.54, 1.807) is 18.2 Å². The van der Waals surface area contributed by atoms with Crippen molar-refractivity contribution in [2.24, 2.45) is 0 Å². The van der Waals surface area contributed by atoms with Crippen molar-refractivity contribution in [1.29, 1.82) is 0 Å². The summed E-state index contributed by atoms with van der Waals surface area (Å²) in [6.07, 6.45) is 0.464. The molecule has 0 saturated heterocycles. The average Bonchev–Trinajstić information content (AvgIpc) is 3.26. The number of carbonyl (C=O) groups is 1. The summed E-state index contributed by atoms with van der Waals surface area (Å²) in [4.78, 5) is 15.9.